The summed E-state index contributed by atoms with van der Waals surface area (Å²) in [5.74, 6) is 0.0990. The highest BCUT2D eigenvalue weighted by Crippen LogP contribution is 2.34. The van der Waals surface area contributed by atoms with Gasteiger partial charge in [-0.15, -0.1) is 0 Å². The van der Waals surface area contributed by atoms with Crippen LogP contribution in [0.25, 0.3) is 0 Å². The Balaban J connectivity index is 1.43. The minimum absolute atomic E-state index is 0.0247. The van der Waals surface area contributed by atoms with Crippen molar-refractivity contribution in [1.82, 2.24) is 4.72 Å². The summed E-state index contributed by atoms with van der Waals surface area (Å²) < 4.78 is 34.6. The lowest BCUT2D eigenvalue weighted by molar-refractivity contribution is -0.120. The van der Waals surface area contributed by atoms with Crippen LogP contribution in [-0.4, -0.2) is 33.0 Å². The molecule has 1 amide bonds. The van der Waals surface area contributed by atoms with Gasteiger partial charge < -0.3 is 9.64 Å². The molecule has 1 heterocycles. The highest BCUT2D eigenvalue weighted by molar-refractivity contribution is 9.10. The van der Waals surface area contributed by atoms with Gasteiger partial charge in [-0.25, -0.2) is 13.1 Å². The van der Waals surface area contributed by atoms with Crippen LogP contribution in [0, 0.1) is 0 Å². The zero-order valence-electron chi connectivity index (χ0n) is 17.1. The molecule has 0 bridgehead atoms. The Hall–Kier alpha value is -1.61. The van der Waals surface area contributed by atoms with E-state index < -0.39 is 10.0 Å². The molecule has 1 fully saturated rings. The molecule has 0 radical (unpaired) electrons. The van der Waals surface area contributed by atoms with Crippen LogP contribution < -0.4 is 14.4 Å². The van der Waals surface area contributed by atoms with Crippen LogP contribution >= 0.6 is 27.5 Å². The van der Waals surface area contributed by atoms with E-state index in [4.69, 9.17) is 16.3 Å². The zero-order chi connectivity index (χ0) is 22.2. The Morgan fingerprint density at radius 1 is 1.23 bits per heavy atom. The second-order valence-corrected chi connectivity index (χ2v) is 11.1. The maximum atomic E-state index is 12.8. The topological polar surface area (TPSA) is 75.7 Å². The molecule has 2 aromatic rings. The van der Waals surface area contributed by atoms with Gasteiger partial charge in [0.15, 0.2) is 6.61 Å². The van der Waals surface area contributed by atoms with Crippen molar-refractivity contribution in [3.05, 3.63) is 51.5 Å². The number of amides is 1. The molecule has 0 spiro atoms. The largest absolute Gasteiger partial charge is 0.482 e. The van der Waals surface area contributed by atoms with Crippen LogP contribution in [0.1, 0.15) is 38.2 Å². The average molecular weight is 528 g/mol. The number of anilines is 1. The number of nitrogens with one attached hydrogen (secondary N) is 1. The molecule has 2 aliphatic rings. The number of benzene rings is 2. The first kappa shape index (κ1) is 22.6. The standard InChI is InChI=1S/C22H24BrClN2O4S/c1-14-10-15-11-16(23)6-8-20(15)26(14)22(27)13-30-21-9-7-18(12-19(21)24)31(28,29)25-17-4-2-3-5-17/h6-9,11-12,14,17,25H,2-5,10,13H2,1H3. The summed E-state index contributed by atoms with van der Waals surface area (Å²) in [6.45, 7) is 1.81. The Kier molecular flexibility index (Phi) is 6.62. The third-order valence-corrected chi connectivity index (χ3v) is 8.07. The van der Waals surface area contributed by atoms with Gasteiger partial charge in [0.25, 0.3) is 5.91 Å². The molecule has 6 nitrogen and oxygen atoms in total. The van der Waals surface area contributed by atoms with Crippen LogP contribution in [0.3, 0.4) is 0 Å². The van der Waals surface area contributed by atoms with Crippen molar-refractivity contribution >= 4 is 49.1 Å². The minimum Gasteiger partial charge on any atom is -0.482 e. The Labute approximate surface area is 196 Å². The average Bonchev–Trinajstić information content (AvgIpc) is 3.32. The minimum atomic E-state index is -3.64. The van der Waals surface area contributed by atoms with Crippen molar-refractivity contribution in [2.75, 3.05) is 11.5 Å². The molecular formula is C22H24BrClN2O4S. The third-order valence-electron chi connectivity index (χ3n) is 5.77. The molecule has 0 aromatic heterocycles. The molecule has 1 saturated carbocycles. The van der Waals surface area contributed by atoms with E-state index in [2.05, 4.69) is 20.7 Å². The molecule has 1 aliphatic carbocycles. The fourth-order valence-electron chi connectivity index (χ4n) is 4.29. The van der Waals surface area contributed by atoms with E-state index in [-0.39, 0.29) is 40.3 Å². The highest BCUT2D eigenvalue weighted by Gasteiger charge is 2.31. The van der Waals surface area contributed by atoms with Gasteiger partial charge in [0, 0.05) is 22.2 Å². The molecule has 1 N–H and O–H groups in total. The van der Waals surface area contributed by atoms with Gasteiger partial charge in [0.2, 0.25) is 10.0 Å². The number of carbonyl (C=O) groups is 1. The van der Waals surface area contributed by atoms with Crippen molar-refractivity contribution in [2.24, 2.45) is 0 Å². The third kappa shape index (κ3) is 4.92. The second kappa shape index (κ2) is 9.10. The summed E-state index contributed by atoms with van der Waals surface area (Å²) in [6, 6.07) is 10.2. The van der Waals surface area contributed by atoms with Crippen LogP contribution in [-0.2, 0) is 21.2 Å². The first-order valence-electron chi connectivity index (χ1n) is 10.3. The number of fused-ring (bicyclic) bond motifs is 1. The van der Waals surface area contributed by atoms with Gasteiger partial charge in [0.05, 0.1) is 9.92 Å². The van der Waals surface area contributed by atoms with E-state index in [1.165, 1.54) is 18.2 Å². The lowest BCUT2D eigenvalue weighted by Crippen LogP contribution is -2.39. The van der Waals surface area contributed by atoms with Crippen molar-refractivity contribution in [1.29, 1.82) is 0 Å². The maximum Gasteiger partial charge on any atom is 0.265 e. The molecule has 1 aliphatic heterocycles. The fraction of sp³-hybridized carbons (Fsp3) is 0.409. The van der Waals surface area contributed by atoms with Gasteiger partial charge in [-0.05, 0) is 68.1 Å². The van der Waals surface area contributed by atoms with Gasteiger partial charge in [-0.3, -0.25) is 4.79 Å². The quantitative estimate of drug-likeness (QED) is 0.592. The van der Waals surface area contributed by atoms with Crippen LogP contribution in [0.5, 0.6) is 5.75 Å². The lowest BCUT2D eigenvalue weighted by atomic mass is 10.1. The summed E-state index contributed by atoms with van der Waals surface area (Å²) in [4.78, 5) is 14.7. The highest BCUT2D eigenvalue weighted by atomic mass is 79.9. The maximum absolute atomic E-state index is 12.8. The van der Waals surface area contributed by atoms with E-state index in [0.717, 1.165) is 47.8 Å². The molecule has 9 heteroatoms. The molecular weight excluding hydrogens is 504 g/mol. The van der Waals surface area contributed by atoms with Crippen LogP contribution in [0.4, 0.5) is 5.69 Å². The summed E-state index contributed by atoms with van der Waals surface area (Å²) in [7, 11) is -3.64. The Morgan fingerprint density at radius 2 is 1.97 bits per heavy atom. The van der Waals surface area contributed by atoms with Crippen LogP contribution in [0.2, 0.25) is 5.02 Å². The fourth-order valence-corrected chi connectivity index (χ4v) is 6.32. The molecule has 1 unspecified atom stereocenters. The summed E-state index contributed by atoms with van der Waals surface area (Å²) in [5.41, 5.74) is 1.99. The number of sulfonamides is 1. The number of ether oxygens (including phenoxy) is 1. The van der Waals surface area contributed by atoms with E-state index >= 15 is 0 Å². The van der Waals surface area contributed by atoms with E-state index in [0.29, 0.717) is 0 Å². The van der Waals surface area contributed by atoms with Crippen molar-refractivity contribution in [3.63, 3.8) is 0 Å². The smallest absolute Gasteiger partial charge is 0.265 e. The number of halogens is 2. The molecule has 2 aromatic carbocycles. The number of carbonyl (C=O) groups excluding carboxylic acids is 1. The van der Waals surface area contributed by atoms with Gasteiger partial charge in [-0.2, -0.15) is 0 Å². The predicted molar refractivity (Wildman–Crippen MR) is 124 cm³/mol. The summed E-state index contributed by atoms with van der Waals surface area (Å²) in [5, 5.41) is 0.154. The molecule has 31 heavy (non-hydrogen) atoms. The van der Waals surface area contributed by atoms with E-state index in [9.17, 15) is 13.2 Å². The van der Waals surface area contributed by atoms with Crippen LogP contribution in [0.15, 0.2) is 45.8 Å². The number of nitrogens with zero attached hydrogens (tertiary/aromatic N) is 1. The normalized spacial score (nSPS) is 18.9. The number of hydrogen-bond donors (Lipinski definition) is 1. The molecule has 166 valence electrons. The molecule has 4 rings (SSSR count). The first-order valence-corrected chi connectivity index (χ1v) is 12.9. The first-order chi connectivity index (χ1) is 14.7. The summed E-state index contributed by atoms with van der Waals surface area (Å²) in [6.07, 6.45) is 4.55. The second-order valence-electron chi connectivity index (χ2n) is 8.07. The molecule has 0 saturated heterocycles. The monoisotopic (exact) mass is 526 g/mol. The zero-order valence-corrected chi connectivity index (χ0v) is 20.3. The Bertz CT molecular complexity index is 1100. The summed E-state index contributed by atoms with van der Waals surface area (Å²) >= 11 is 9.74. The van der Waals surface area contributed by atoms with E-state index in [1.807, 2.05) is 25.1 Å². The number of rotatable bonds is 6. The van der Waals surface area contributed by atoms with Crippen molar-refractivity contribution < 1.29 is 17.9 Å². The predicted octanol–water partition coefficient (Wildman–Crippen LogP) is 4.68. The van der Waals surface area contributed by atoms with Gasteiger partial charge in [0.1, 0.15) is 5.75 Å². The van der Waals surface area contributed by atoms with Crippen molar-refractivity contribution in [3.8, 4) is 5.75 Å². The van der Waals surface area contributed by atoms with Crippen molar-refractivity contribution in [2.45, 2.75) is 56.0 Å². The number of hydrogen-bond acceptors (Lipinski definition) is 4. The Morgan fingerprint density at radius 3 is 2.68 bits per heavy atom. The molecule has 1 atom stereocenters. The van der Waals surface area contributed by atoms with Gasteiger partial charge >= 0.3 is 0 Å². The lowest BCUT2D eigenvalue weighted by Gasteiger charge is -2.23. The van der Waals surface area contributed by atoms with E-state index in [1.54, 1.807) is 4.90 Å². The SMILES string of the molecule is CC1Cc2cc(Br)ccc2N1C(=O)COc1ccc(S(=O)(=O)NC2CCCC2)cc1Cl. The van der Waals surface area contributed by atoms with Gasteiger partial charge in [-0.1, -0.05) is 40.4 Å².